The highest BCUT2D eigenvalue weighted by Crippen LogP contribution is 2.24. The fraction of sp³-hybridized carbons (Fsp3) is 0.400. The summed E-state index contributed by atoms with van der Waals surface area (Å²) < 4.78 is 10.9. The first-order valence-corrected chi connectivity index (χ1v) is 8.81. The molecular formula is C20H30N4O2. The van der Waals surface area contributed by atoms with Gasteiger partial charge in [-0.2, -0.15) is 0 Å². The van der Waals surface area contributed by atoms with Gasteiger partial charge >= 0.3 is 0 Å². The number of ether oxygens (including phenoxy) is 2. The number of anilines is 2. The average molecular weight is 358 g/mol. The van der Waals surface area contributed by atoms with Crippen LogP contribution in [0.2, 0.25) is 0 Å². The SMILES string of the molecule is CCN(CCOC)c1cc(C(=N)c2cc(OC(C)C)ccc2N)ccn1.[HH]. The molecule has 0 aliphatic rings. The standard InChI is InChI=1S/C20H28N4O2.H2/c1-5-24(10-11-25-4)19-12-15(8-9-23-19)20(22)17-13-16(26-14(2)3)6-7-18(17)21;/h6-9,12-14,22H,5,10-11,21H2,1-4H3;1H. The average Bonchev–Trinajstić information content (AvgIpc) is 2.63. The number of benzene rings is 1. The van der Waals surface area contributed by atoms with E-state index < -0.39 is 0 Å². The molecule has 142 valence electrons. The molecule has 1 heterocycles. The van der Waals surface area contributed by atoms with E-state index in [-0.39, 0.29) is 7.53 Å². The van der Waals surface area contributed by atoms with Crippen molar-refractivity contribution >= 4 is 17.2 Å². The molecule has 2 rings (SSSR count). The Balaban J connectivity index is 0.00000364. The molecule has 6 heteroatoms. The first kappa shape index (κ1) is 19.7. The topological polar surface area (TPSA) is 84.5 Å². The van der Waals surface area contributed by atoms with Crippen LogP contribution in [-0.4, -0.2) is 43.6 Å². The Bertz CT molecular complexity index is 753. The third-order valence-corrected chi connectivity index (χ3v) is 3.97. The summed E-state index contributed by atoms with van der Waals surface area (Å²) >= 11 is 0. The largest absolute Gasteiger partial charge is 0.491 e. The highest BCUT2D eigenvalue weighted by Gasteiger charge is 2.13. The molecule has 0 aliphatic carbocycles. The Morgan fingerprint density at radius 2 is 2.08 bits per heavy atom. The van der Waals surface area contributed by atoms with Gasteiger partial charge in [-0.25, -0.2) is 4.98 Å². The molecule has 0 bridgehead atoms. The van der Waals surface area contributed by atoms with Crippen molar-refractivity contribution in [3.8, 4) is 5.75 Å². The van der Waals surface area contributed by atoms with Gasteiger partial charge in [0, 0.05) is 44.6 Å². The first-order chi connectivity index (χ1) is 12.5. The number of likely N-dealkylation sites (N-methyl/N-ethyl adjacent to an activating group) is 1. The molecule has 26 heavy (non-hydrogen) atoms. The lowest BCUT2D eigenvalue weighted by Gasteiger charge is -2.22. The maximum atomic E-state index is 8.62. The minimum Gasteiger partial charge on any atom is -0.491 e. The molecule has 1 aromatic heterocycles. The molecule has 1 aromatic carbocycles. The van der Waals surface area contributed by atoms with Crippen molar-refractivity contribution in [3.63, 3.8) is 0 Å². The fourth-order valence-corrected chi connectivity index (χ4v) is 2.64. The summed E-state index contributed by atoms with van der Waals surface area (Å²) in [5.41, 5.74) is 8.43. The summed E-state index contributed by atoms with van der Waals surface area (Å²) in [6.45, 7) is 8.19. The van der Waals surface area contributed by atoms with Gasteiger partial charge in [-0.3, -0.25) is 5.41 Å². The summed E-state index contributed by atoms with van der Waals surface area (Å²) in [5, 5.41) is 8.62. The van der Waals surface area contributed by atoms with E-state index in [0.29, 0.717) is 29.3 Å². The van der Waals surface area contributed by atoms with E-state index >= 15 is 0 Å². The molecule has 0 unspecified atom stereocenters. The monoisotopic (exact) mass is 358 g/mol. The number of hydrogen-bond donors (Lipinski definition) is 2. The quantitative estimate of drug-likeness (QED) is 0.529. The lowest BCUT2D eigenvalue weighted by molar-refractivity contribution is 0.205. The summed E-state index contributed by atoms with van der Waals surface area (Å²) in [4.78, 5) is 6.55. The number of methoxy groups -OCH3 is 1. The number of hydrogen-bond acceptors (Lipinski definition) is 6. The van der Waals surface area contributed by atoms with Crippen LogP contribution in [0, 0.1) is 5.41 Å². The van der Waals surface area contributed by atoms with Crippen molar-refractivity contribution in [1.82, 2.24) is 4.98 Å². The third-order valence-electron chi connectivity index (χ3n) is 3.97. The smallest absolute Gasteiger partial charge is 0.129 e. The van der Waals surface area contributed by atoms with Crippen molar-refractivity contribution in [2.75, 3.05) is 37.4 Å². The second-order valence-corrected chi connectivity index (χ2v) is 6.27. The Kier molecular flexibility index (Phi) is 6.97. The van der Waals surface area contributed by atoms with Crippen LogP contribution >= 0.6 is 0 Å². The van der Waals surface area contributed by atoms with Crippen LogP contribution in [0.5, 0.6) is 5.75 Å². The molecule has 0 saturated carbocycles. The zero-order valence-electron chi connectivity index (χ0n) is 16.0. The molecule has 0 aliphatic heterocycles. The lowest BCUT2D eigenvalue weighted by Crippen LogP contribution is -2.27. The van der Waals surface area contributed by atoms with Gasteiger partial charge in [0.15, 0.2) is 0 Å². The van der Waals surface area contributed by atoms with Gasteiger partial charge in [0.1, 0.15) is 11.6 Å². The summed E-state index contributed by atoms with van der Waals surface area (Å²) in [6.07, 6.45) is 1.78. The maximum absolute atomic E-state index is 8.62. The predicted molar refractivity (Wildman–Crippen MR) is 109 cm³/mol. The predicted octanol–water partition coefficient (Wildman–Crippen LogP) is 3.59. The third kappa shape index (κ3) is 4.95. The van der Waals surface area contributed by atoms with Crippen LogP contribution in [0.15, 0.2) is 36.5 Å². The van der Waals surface area contributed by atoms with Crippen molar-refractivity contribution in [3.05, 3.63) is 47.7 Å². The highest BCUT2D eigenvalue weighted by atomic mass is 16.5. The Morgan fingerprint density at radius 1 is 1.31 bits per heavy atom. The van der Waals surface area contributed by atoms with Crippen molar-refractivity contribution in [2.24, 2.45) is 0 Å². The van der Waals surface area contributed by atoms with Crippen LogP contribution in [0.4, 0.5) is 11.5 Å². The zero-order chi connectivity index (χ0) is 19.1. The van der Waals surface area contributed by atoms with Crippen LogP contribution in [0.25, 0.3) is 0 Å². The highest BCUT2D eigenvalue weighted by molar-refractivity contribution is 6.14. The van der Waals surface area contributed by atoms with Crippen LogP contribution in [0.3, 0.4) is 0 Å². The second-order valence-electron chi connectivity index (χ2n) is 6.27. The number of nitrogens with one attached hydrogen (secondary N) is 1. The molecule has 0 spiro atoms. The lowest BCUT2D eigenvalue weighted by atomic mass is 10.0. The molecule has 0 radical (unpaired) electrons. The molecule has 0 atom stereocenters. The number of pyridine rings is 1. The summed E-state index contributed by atoms with van der Waals surface area (Å²) in [7, 11) is 1.68. The van der Waals surface area contributed by atoms with E-state index in [4.69, 9.17) is 20.6 Å². The minimum atomic E-state index is 0. The van der Waals surface area contributed by atoms with Crippen LogP contribution in [-0.2, 0) is 4.74 Å². The van der Waals surface area contributed by atoms with Crippen molar-refractivity contribution in [2.45, 2.75) is 26.9 Å². The molecule has 0 amide bonds. The van der Waals surface area contributed by atoms with E-state index in [9.17, 15) is 0 Å². The fourth-order valence-electron chi connectivity index (χ4n) is 2.64. The van der Waals surface area contributed by atoms with Gasteiger partial charge < -0.3 is 20.1 Å². The van der Waals surface area contributed by atoms with Crippen molar-refractivity contribution in [1.29, 1.82) is 5.41 Å². The molecule has 2 aromatic rings. The molecule has 3 N–H and O–H groups in total. The van der Waals surface area contributed by atoms with E-state index in [1.165, 1.54) is 0 Å². The van der Waals surface area contributed by atoms with Crippen LogP contribution < -0.4 is 15.4 Å². The summed E-state index contributed by atoms with van der Waals surface area (Å²) in [6, 6.07) is 9.16. The number of nitrogen functional groups attached to an aromatic ring is 1. The molecule has 0 saturated heterocycles. The van der Waals surface area contributed by atoms with E-state index in [0.717, 1.165) is 24.5 Å². The van der Waals surface area contributed by atoms with E-state index in [1.807, 2.05) is 38.1 Å². The van der Waals surface area contributed by atoms with Gasteiger partial charge in [-0.15, -0.1) is 0 Å². The summed E-state index contributed by atoms with van der Waals surface area (Å²) in [5.74, 6) is 1.53. The number of rotatable bonds is 9. The van der Waals surface area contributed by atoms with Crippen molar-refractivity contribution < 1.29 is 10.9 Å². The molecule has 6 nitrogen and oxygen atoms in total. The van der Waals surface area contributed by atoms with Crippen LogP contribution in [0.1, 0.15) is 33.3 Å². The first-order valence-electron chi connectivity index (χ1n) is 8.81. The molecule has 0 fully saturated rings. The second kappa shape index (κ2) is 9.20. The Morgan fingerprint density at radius 3 is 2.73 bits per heavy atom. The number of nitrogens with zero attached hydrogens (tertiary/aromatic N) is 2. The van der Waals surface area contributed by atoms with Gasteiger partial charge in [-0.05, 0) is 51.1 Å². The van der Waals surface area contributed by atoms with E-state index in [1.54, 1.807) is 19.4 Å². The molecular weight excluding hydrogens is 328 g/mol. The normalized spacial score (nSPS) is 10.8. The Labute approximate surface area is 156 Å². The zero-order valence-corrected chi connectivity index (χ0v) is 16.0. The van der Waals surface area contributed by atoms with E-state index in [2.05, 4.69) is 16.8 Å². The van der Waals surface area contributed by atoms with Gasteiger partial charge in [0.25, 0.3) is 0 Å². The van der Waals surface area contributed by atoms with Gasteiger partial charge in [-0.1, -0.05) is 0 Å². The number of nitrogens with two attached hydrogens (primary N) is 1. The minimum absolute atomic E-state index is 0. The Hall–Kier alpha value is -2.60. The number of aromatic nitrogens is 1. The van der Waals surface area contributed by atoms with Gasteiger partial charge in [0.2, 0.25) is 0 Å². The van der Waals surface area contributed by atoms with Gasteiger partial charge in [0.05, 0.1) is 18.4 Å². The maximum Gasteiger partial charge on any atom is 0.129 e.